The van der Waals surface area contributed by atoms with Gasteiger partial charge >= 0.3 is 0 Å². The van der Waals surface area contributed by atoms with Gasteiger partial charge in [0.25, 0.3) is 5.69 Å². The van der Waals surface area contributed by atoms with Crippen LogP contribution in [0.1, 0.15) is 66.6 Å². The van der Waals surface area contributed by atoms with Gasteiger partial charge in [-0.2, -0.15) is 10.4 Å². The summed E-state index contributed by atoms with van der Waals surface area (Å²) in [5.74, 6) is -0.264. The Bertz CT molecular complexity index is 1530. The average Bonchev–Trinajstić information content (AvgIpc) is 3.20. The molecule has 0 aliphatic carbocycles. The summed E-state index contributed by atoms with van der Waals surface area (Å²) >= 11 is 12.9. The summed E-state index contributed by atoms with van der Waals surface area (Å²) in [5, 5.41) is 37.5. The van der Waals surface area contributed by atoms with E-state index in [0.717, 1.165) is 17.8 Å². The predicted molar refractivity (Wildman–Crippen MR) is 161 cm³/mol. The number of hydrogen-bond donors (Lipinski definition) is 1. The van der Waals surface area contributed by atoms with Crippen molar-refractivity contribution in [1.82, 2.24) is 9.78 Å². The highest BCUT2D eigenvalue weighted by atomic mass is 35.5. The highest BCUT2D eigenvalue weighted by molar-refractivity contribution is 6.38. The Hall–Kier alpha value is -4.01. The lowest BCUT2D eigenvalue weighted by Crippen LogP contribution is -2.36. The molecule has 0 bridgehead atoms. The van der Waals surface area contributed by atoms with Crippen LogP contribution in [-0.2, 0) is 10.2 Å². The first-order valence-electron chi connectivity index (χ1n) is 12.9. The van der Waals surface area contributed by atoms with Crippen LogP contribution >= 0.6 is 23.2 Å². The molecule has 0 radical (unpaired) electrons. The zero-order chi connectivity index (χ0) is 30.8. The quantitative estimate of drug-likeness (QED) is 0.157. The minimum absolute atomic E-state index is 0.0268. The average molecular weight is 600 g/mol. The van der Waals surface area contributed by atoms with E-state index < -0.39 is 10.3 Å². The standard InChI is InChI=1S/C28H32Cl2N8O3/c1-15(2)36(16(3)4)18-9-10-23(24(13-18)32-17(5)39)33-34-27-20(14-31)26(28(6,7)8)35-37(27)25-21(29)11-19(38(40)41)12-22(25)30/h9-13,15-16H,1-8H3,(H,32,39). The third-order valence-corrected chi connectivity index (χ3v) is 6.64. The molecule has 1 aromatic heterocycles. The van der Waals surface area contributed by atoms with E-state index in [1.807, 2.05) is 32.9 Å². The lowest BCUT2D eigenvalue weighted by Gasteiger charge is -2.33. The van der Waals surface area contributed by atoms with Gasteiger partial charge in [0.15, 0.2) is 5.82 Å². The number of nitrogens with zero attached hydrogens (tertiary/aromatic N) is 7. The SMILES string of the molecule is CC(=O)Nc1cc(N(C(C)C)C(C)C)ccc1N=Nc1c(C#N)c(C(C)(C)C)nn1-c1c(Cl)cc([N+](=O)[O-])cc1Cl. The van der Waals surface area contributed by atoms with Crippen molar-refractivity contribution in [1.29, 1.82) is 5.26 Å². The Morgan fingerprint density at radius 2 is 1.71 bits per heavy atom. The number of carbonyl (C=O) groups excluding carboxylic acids is 1. The molecule has 1 amide bonds. The van der Waals surface area contributed by atoms with Gasteiger partial charge in [0.1, 0.15) is 23.0 Å². The predicted octanol–water partition coefficient (Wildman–Crippen LogP) is 8.25. The fraction of sp³-hybridized carbons (Fsp3) is 0.393. The highest BCUT2D eigenvalue weighted by Gasteiger charge is 2.30. The molecular formula is C28H32Cl2N8O3. The Balaban J connectivity index is 2.27. The number of halogens is 2. The van der Waals surface area contributed by atoms with Crippen LogP contribution in [0.3, 0.4) is 0 Å². The second kappa shape index (κ2) is 12.2. The van der Waals surface area contributed by atoms with E-state index in [4.69, 9.17) is 23.2 Å². The van der Waals surface area contributed by atoms with Gasteiger partial charge in [-0.15, -0.1) is 10.2 Å². The molecule has 0 spiro atoms. The van der Waals surface area contributed by atoms with Gasteiger partial charge in [0.05, 0.1) is 26.3 Å². The molecule has 0 aliphatic rings. The molecule has 41 heavy (non-hydrogen) atoms. The maximum Gasteiger partial charge on any atom is 0.272 e. The highest BCUT2D eigenvalue weighted by Crippen LogP contribution is 2.40. The van der Waals surface area contributed by atoms with Crippen LogP contribution in [0.4, 0.5) is 28.6 Å². The first-order valence-corrected chi connectivity index (χ1v) is 13.6. The van der Waals surface area contributed by atoms with Crippen LogP contribution in [-0.4, -0.2) is 32.7 Å². The van der Waals surface area contributed by atoms with Crippen molar-refractivity contribution in [2.24, 2.45) is 10.2 Å². The summed E-state index contributed by atoms with van der Waals surface area (Å²) in [7, 11) is 0. The first kappa shape index (κ1) is 31.5. The van der Waals surface area contributed by atoms with E-state index >= 15 is 0 Å². The van der Waals surface area contributed by atoms with Crippen LogP contribution in [0.25, 0.3) is 5.69 Å². The van der Waals surface area contributed by atoms with E-state index in [0.29, 0.717) is 17.1 Å². The van der Waals surface area contributed by atoms with Gasteiger partial charge in [-0.1, -0.05) is 44.0 Å². The third kappa shape index (κ3) is 6.84. The van der Waals surface area contributed by atoms with Gasteiger partial charge in [-0.05, 0) is 45.9 Å². The Kier molecular flexibility index (Phi) is 9.41. The van der Waals surface area contributed by atoms with Crippen LogP contribution in [0, 0.1) is 21.4 Å². The number of non-ortho nitro benzene ring substituents is 1. The van der Waals surface area contributed by atoms with E-state index in [1.165, 1.54) is 11.6 Å². The molecule has 3 aromatic rings. The maximum absolute atomic E-state index is 12.1. The van der Waals surface area contributed by atoms with Crippen LogP contribution in [0.15, 0.2) is 40.6 Å². The summed E-state index contributed by atoms with van der Waals surface area (Å²) in [4.78, 5) is 25.0. The van der Waals surface area contributed by atoms with E-state index in [-0.39, 0.29) is 50.8 Å². The van der Waals surface area contributed by atoms with Crippen molar-refractivity contribution in [2.75, 3.05) is 10.2 Å². The van der Waals surface area contributed by atoms with Gasteiger partial charge in [0.2, 0.25) is 5.91 Å². The second-order valence-electron chi connectivity index (χ2n) is 11.0. The Morgan fingerprint density at radius 3 is 2.17 bits per heavy atom. The molecule has 0 fully saturated rings. The molecule has 216 valence electrons. The number of nitrogens with one attached hydrogen (secondary N) is 1. The second-order valence-corrected chi connectivity index (χ2v) is 11.8. The van der Waals surface area contributed by atoms with Crippen molar-refractivity contribution >= 4 is 57.7 Å². The van der Waals surface area contributed by atoms with Crippen LogP contribution in [0.5, 0.6) is 0 Å². The van der Waals surface area contributed by atoms with Gasteiger partial charge in [-0.3, -0.25) is 14.9 Å². The molecular weight excluding hydrogens is 567 g/mol. The van der Waals surface area contributed by atoms with Crippen molar-refractivity contribution in [3.8, 4) is 11.8 Å². The summed E-state index contributed by atoms with van der Waals surface area (Å²) in [6.45, 7) is 15.4. The van der Waals surface area contributed by atoms with Gasteiger partial charge < -0.3 is 10.2 Å². The van der Waals surface area contributed by atoms with Crippen molar-refractivity contribution < 1.29 is 9.72 Å². The Morgan fingerprint density at radius 1 is 1.12 bits per heavy atom. The number of nitro groups is 1. The third-order valence-electron chi connectivity index (χ3n) is 6.06. The number of hydrogen-bond acceptors (Lipinski definition) is 8. The summed E-state index contributed by atoms with van der Waals surface area (Å²) in [6.07, 6.45) is 0. The molecule has 0 saturated heterocycles. The molecule has 11 nitrogen and oxygen atoms in total. The molecule has 2 aromatic carbocycles. The fourth-order valence-corrected chi connectivity index (χ4v) is 5.14. The number of nitro benzene ring substituents is 1. The number of nitriles is 1. The maximum atomic E-state index is 12.1. The molecule has 0 aliphatic heterocycles. The summed E-state index contributed by atoms with van der Waals surface area (Å²) < 4.78 is 1.27. The normalized spacial score (nSPS) is 11.8. The number of rotatable bonds is 8. The number of aromatic nitrogens is 2. The summed E-state index contributed by atoms with van der Waals surface area (Å²) in [6, 6.07) is 10.3. The molecule has 13 heteroatoms. The molecule has 1 heterocycles. The van der Waals surface area contributed by atoms with Crippen molar-refractivity contribution in [3.63, 3.8) is 0 Å². The summed E-state index contributed by atoms with van der Waals surface area (Å²) in [5.41, 5.74) is 1.43. The van der Waals surface area contributed by atoms with E-state index in [9.17, 15) is 20.2 Å². The Labute approximate surface area is 248 Å². The van der Waals surface area contributed by atoms with Crippen molar-refractivity contribution in [3.05, 3.63) is 61.7 Å². The van der Waals surface area contributed by atoms with Crippen molar-refractivity contribution in [2.45, 2.75) is 72.9 Å². The molecule has 0 saturated carbocycles. The molecule has 0 unspecified atom stereocenters. The number of anilines is 2. The fourth-order valence-electron chi connectivity index (χ4n) is 4.50. The lowest BCUT2D eigenvalue weighted by molar-refractivity contribution is -0.384. The number of benzene rings is 2. The van der Waals surface area contributed by atoms with E-state index in [1.54, 1.807) is 6.07 Å². The smallest absolute Gasteiger partial charge is 0.272 e. The van der Waals surface area contributed by atoms with Gasteiger partial charge in [0, 0.05) is 42.2 Å². The number of amides is 1. The minimum atomic E-state index is -0.612. The minimum Gasteiger partial charge on any atom is -0.367 e. The molecule has 0 atom stereocenters. The van der Waals surface area contributed by atoms with Crippen LogP contribution in [0.2, 0.25) is 10.0 Å². The largest absolute Gasteiger partial charge is 0.367 e. The van der Waals surface area contributed by atoms with Gasteiger partial charge in [-0.25, -0.2) is 4.68 Å². The monoisotopic (exact) mass is 598 g/mol. The zero-order valence-electron chi connectivity index (χ0n) is 24.2. The zero-order valence-corrected chi connectivity index (χ0v) is 25.7. The topological polar surface area (TPSA) is 142 Å². The number of azo groups is 1. The van der Waals surface area contributed by atoms with Crippen LogP contribution < -0.4 is 10.2 Å². The molecule has 1 N–H and O–H groups in total. The number of carbonyl (C=O) groups is 1. The lowest BCUT2D eigenvalue weighted by atomic mass is 9.90. The first-order chi connectivity index (χ1) is 19.1. The van der Waals surface area contributed by atoms with E-state index in [2.05, 4.69) is 59.3 Å². The molecule has 3 rings (SSSR count).